The van der Waals surface area contributed by atoms with Crippen molar-refractivity contribution < 1.29 is 0 Å². The van der Waals surface area contributed by atoms with Gasteiger partial charge in [-0.25, -0.2) is 0 Å². The standard InChI is InChI=1S/C20H22N2S/c1-15-8-9-18(17-6-3-2-5-16(15)17)20(19-7-4-14-23-19)22-12-10-21-11-13-22/h2-9,14,20-21H,10-13H2,1H3/t20-/m1/s1. The summed E-state index contributed by atoms with van der Waals surface area (Å²) in [4.78, 5) is 4.07. The van der Waals surface area contributed by atoms with E-state index in [1.165, 1.54) is 26.8 Å². The van der Waals surface area contributed by atoms with Crippen LogP contribution in [0, 0.1) is 6.92 Å². The predicted molar refractivity (Wildman–Crippen MR) is 99.3 cm³/mol. The van der Waals surface area contributed by atoms with Crippen molar-refractivity contribution in [3.8, 4) is 0 Å². The molecule has 1 fully saturated rings. The van der Waals surface area contributed by atoms with Crippen LogP contribution in [0.15, 0.2) is 53.9 Å². The Bertz CT molecular complexity index is 789. The van der Waals surface area contributed by atoms with Gasteiger partial charge in [-0.3, -0.25) is 4.90 Å². The van der Waals surface area contributed by atoms with Gasteiger partial charge in [-0.05, 0) is 40.3 Å². The first-order valence-corrected chi connectivity index (χ1v) is 9.19. The molecule has 0 saturated carbocycles. The zero-order valence-electron chi connectivity index (χ0n) is 13.5. The van der Waals surface area contributed by atoms with Crippen molar-refractivity contribution >= 4 is 22.1 Å². The van der Waals surface area contributed by atoms with Crippen molar-refractivity contribution in [3.05, 3.63) is 69.9 Å². The van der Waals surface area contributed by atoms with Crippen molar-refractivity contribution in [1.82, 2.24) is 10.2 Å². The highest BCUT2D eigenvalue weighted by molar-refractivity contribution is 7.10. The van der Waals surface area contributed by atoms with E-state index in [1.807, 2.05) is 11.3 Å². The van der Waals surface area contributed by atoms with Crippen LogP contribution in [0.1, 0.15) is 22.0 Å². The Morgan fingerprint density at radius 1 is 0.957 bits per heavy atom. The maximum Gasteiger partial charge on any atom is 0.0702 e. The topological polar surface area (TPSA) is 15.3 Å². The third-order valence-corrected chi connectivity index (χ3v) is 5.72. The van der Waals surface area contributed by atoms with Crippen LogP contribution in [0.5, 0.6) is 0 Å². The van der Waals surface area contributed by atoms with Crippen LogP contribution >= 0.6 is 11.3 Å². The van der Waals surface area contributed by atoms with E-state index < -0.39 is 0 Å². The second-order valence-electron chi connectivity index (χ2n) is 6.22. The number of nitrogens with one attached hydrogen (secondary N) is 1. The molecule has 0 aliphatic carbocycles. The number of nitrogens with zero attached hydrogens (tertiary/aromatic N) is 1. The summed E-state index contributed by atoms with van der Waals surface area (Å²) in [5.41, 5.74) is 2.80. The zero-order valence-corrected chi connectivity index (χ0v) is 14.3. The Hall–Kier alpha value is -1.68. The molecule has 1 aromatic heterocycles. The largest absolute Gasteiger partial charge is 0.314 e. The molecule has 0 spiro atoms. The van der Waals surface area contributed by atoms with Gasteiger partial charge in [-0.15, -0.1) is 11.3 Å². The molecule has 1 aliphatic heterocycles. The Kier molecular flexibility index (Phi) is 4.17. The summed E-state index contributed by atoms with van der Waals surface area (Å²) in [6.07, 6.45) is 0. The molecule has 0 radical (unpaired) electrons. The number of benzene rings is 2. The highest BCUT2D eigenvalue weighted by Crippen LogP contribution is 2.36. The fourth-order valence-corrected chi connectivity index (χ4v) is 4.50. The minimum atomic E-state index is 0.364. The molecule has 2 nitrogen and oxygen atoms in total. The third-order valence-electron chi connectivity index (χ3n) is 4.80. The molecule has 2 aromatic carbocycles. The van der Waals surface area contributed by atoms with Gasteiger partial charge < -0.3 is 5.32 Å². The van der Waals surface area contributed by atoms with Gasteiger partial charge in [0.05, 0.1) is 6.04 Å². The van der Waals surface area contributed by atoms with Gasteiger partial charge in [0.1, 0.15) is 0 Å². The highest BCUT2D eigenvalue weighted by Gasteiger charge is 2.26. The second kappa shape index (κ2) is 6.44. The summed E-state index contributed by atoms with van der Waals surface area (Å²) >= 11 is 1.87. The second-order valence-corrected chi connectivity index (χ2v) is 7.20. The predicted octanol–water partition coefficient (Wildman–Crippen LogP) is 4.20. The van der Waals surface area contributed by atoms with Gasteiger partial charge in [-0.2, -0.15) is 0 Å². The maximum atomic E-state index is 3.47. The van der Waals surface area contributed by atoms with E-state index in [4.69, 9.17) is 0 Å². The summed E-state index contributed by atoms with van der Waals surface area (Å²) in [6, 6.07) is 18.3. The molecule has 23 heavy (non-hydrogen) atoms. The van der Waals surface area contributed by atoms with Gasteiger partial charge >= 0.3 is 0 Å². The van der Waals surface area contributed by atoms with E-state index in [1.54, 1.807) is 0 Å². The first-order chi connectivity index (χ1) is 11.3. The number of fused-ring (bicyclic) bond motifs is 1. The normalized spacial score (nSPS) is 17.4. The molecule has 1 aliphatic rings. The van der Waals surface area contributed by atoms with E-state index in [0.717, 1.165) is 26.2 Å². The summed E-state index contributed by atoms with van der Waals surface area (Å²) in [6.45, 7) is 6.56. The molecule has 4 rings (SSSR count). The Morgan fingerprint density at radius 2 is 1.74 bits per heavy atom. The molecule has 118 valence electrons. The molecular formula is C20H22N2S. The molecular weight excluding hydrogens is 300 g/mol. The lowest BCUT2D eigenvalue weighted by molar-refractivity contribution is 0.201. The van der Waals surface area contributed by atoms with Crippen LogP contribution in [0.2, 0.25) is 0 Å². The Labute approximate surface area is 141 Å². The van der Waals surface area contributed by atoms with Crippen LogP contribution in [0.25, 0.3) is 10.8 Å². The van der Waals surface area contributed by atoms with Gasteiger partial charge in [0, 0.05) is 31.1 Å². The Morgan fingerprint density at radius 3 is 2.48 bits per heavy atom. The fourth-order valence-electron chi connectivity index (χ4n) is 3.63. The summed E-state index contributed by atoms with van der Waals surface area (Å²) in [7, 11) is 0. The van der Waals surface area contributed by atoms with Crippen LogP contribution < -0.4 is 5.32 Å². The smallest absolute Gasteiger partial charge is 0.0702 e. The van der Waals surface area contributed by atoms with Crippen LogP contribution in [0.4, 0.5) is 0 Å². The quantitative estimate of drug-likeness (QED) is 0.777. The van der Waals surface area contributed by atoms with Gasteiger partial charge in [0.25, 0.3) is 0 Å². The van der Waals surface area contributed by atoms with E-state index >= 15 is 0 Å². The van der Waals surface area contributed by atoms with Crippen LogP contribution in [0.3, 0.4) is 0 Å². The lowest BCUT2D eigenvalue weighted by Gasteiger charge is -2.35. The van der Waals surface area contributed by atoms with E-state index in [2.05, 4.69) is 71.1 Å². The van der Waals surface area contributed by atoms with Crippen LogP contribution in [-0.4, -0.2) is 31.1 Å². The Balaban J connectivity index is 1.88. The highest BCUT2D eigenvalue weighted by atomic mass is 32.1. The number of aryl methyl sites for hydroxylation is 1. The monoisotopic (exact) mass is 322 g/mol. The number of piperazine rings is 1. The maximum absolute atomic E-state index is 3.47. The third kappa shape index (κ3) is 2.80. The van der Waals surface area contributed by atoms with Gasteiger partial charge in [0.15, 0.2) is 0 Å². The fraction of sp³-hybridized carbons (Fsp3) is 0.300. The molecule has 0 bridgehead atoms. The average Bonchev–Trinajstić information content (AvgIpc) is 3.13. The van der Waals surface area contributed by atoms with E-state index in [0.29, 0.717) is 6.04 Å². The van der Waals surface area contributed by atoms with Crippen molar-refractivity contribution in [3.63, 3.8) is 0 Å². The first kappa shape index (κ1) is 14.9. The molecule has 1 saturated heterocycles. The number of thiophene rings is 1. The minimum absolute atomic E-state index is 0.364. The minimum Gasteiger partial charge on any atom is -0.314 e. The molecule has 3 aromatic rings. The summed E-state index contributed by atoms with van der Waals surface area (Å²) in [5.74, 6) is 0. The summed E-state index contributed by atoms with van der Waals surface area (Å²) < 4.78 is 0. The van der Waals surface area contributed by atoms with Crippen molar-refractivity contribution in [2.24, 2.45) is 0 Å². The first-order valence-electron chi connectivity index (χ1n) is 8.31. The molecule has 1 atom stereocenters. The van der Waals surface area contributed by atoms with Crippen molar-refractivity contribution in [2.45, 2.75) is 13.0 Å². The van der Waals surface area contributed by atoms with Gasteiger partial charge in [-0.1, -0.05) is 42.5 Å². The summed E-state index contributed by atoms with van der Waals surface area (Å²) in [5, 5.41) is 8.44. The van der Waals surface area contributed by atoms with E-state index in [9.17, 15) is 0 Å². The molecule has 0 amide bonds. The lowest BCUT2D eigenvalue weighted by Crippen LogP contribution is -2.45. The van der Waals surface area contributed by atoms with Crippen molar-refractivity contribution in [1.29, 1.82) is 0 Å². The molecule has 1 N–H and O–H groups in total. The molecule has 3 heteroatoms. The lowest BCUT2D eigenvalue weighted by atomic mass is 9.94. The average molecular weight is 322 g/mol. The van der Waals surface area contributed by atoms with Crippen molar-refractivity contribution in [2.75, 3.05) is 26.2 Å². The van der Waals surface area contributed by atoms with Crippen LogP contribution in [-0.2, 0) is 0 Å². The molecule has 0 unspecified atom stereocenters. The van der Waals surface area contributed by atoms with Gasteiger partial charge in [0.2, 0.25) is 0 Å². The SMILES string of the molecule is Cc1ccc([C@H](c2cccs2)N2CCNCC2)c2ccccc12. The van der Waals surface area contributed by atoms with E-state index in [-0.39, 0.29) is 0 Å². The number of hydrogen-bond donors (Lipinski definition) is 1. The zero-order chi connectivity index (χ0) is 15.6. The molecule has 2 heterocycles. The number of rotatable bonds is 3. The number of hydrogen-bond acceptors (Lipinski definition) is 3.